The second kappa shape index (κ2) is 8.33. The highest BCUT2D eigenvalue weighted by atomic mass is 16.7. The topological polar surface area (TPSA) is 69.7 Å². The van der Waals surface area contributed by atoms with Crippen molar-refractivity contribution in [3.05, 3.63) is 53.7 Å². The molecule has 2 aromatic rings. The molecule has 146 valence electrons. The summed E-state index contributed by atoms with van der Waals surface area (Å²) >= 11 is 0. The molecule has 1 saturated carbocycles. The zero-order valence-electron chi connectivity index (χ0n) is 15.9. The van der Waals surface area contributed by atoms with Crippen molar-refractivity contribution in [3.63, 3.8) is 0 Å². The predicted octanol–water partition coefficient (Wildman–Crippen LogP) is 3.64. The van der Waals surface area contributed by atoms with Crippen LogP contribution >= 0.6 is 0 Å². The fourth-order valence-electron chi connectivity index (χ4n) is 3.46. The maximum atomic E-state index is 12.2. The molecule has 2 aliphatic rings. The van der Waals surface area contributed by atoms with Crippen LogP contribution in [0.4, 0.5) is 0 Å². The second-order valence-electron chi connectivity index (χ2n) is 7.22. The molecule has 1 fully saturated rings. The van der Waals surface area contributed by atoms with Crippen molar-refractivity contribution in [2.24, 2.45) is 0 Å². The van der Waals surface area contributed by atoms with Crippen LogP contribution in [-0.4, -0.2) is 29.8 Å². The number of aromatic nitrogens is 1. The molecule has 1 amide bonds. The number of amides is 1. The first kappa shape index (κ1) is 18.3. The molecule has 1 aliphatic carbocycles. The largest absolute Gasteiger partial charge is 0.474 e. The van der Waals surface area contributed by atoms with Gasteiger partial charge in [0.1, 0.15) is 6.10 Å². The van der Waals surface area contributed by atoms with Crippen LogP contribution in [-0.2, 0) is 4.79 Å². The average Bonchev–Trinajstić information content (AvgIpc) is 3.17. The van der Waals surface area contributed by atoms with Crippen molar-refractivity contribution < 1.29 is 19.0 Å². The highest BCUT2D eigenvalue weighted by Crippen LogP contribution is 2.32. The van der Waals surface area contributed by atoms with Gasteiger partial charge in [0.05, 0.1) is 0 Å². The van der Waals surface area contributed by atoms with Crippen molar-refractivity contribution in [1.82, 2.24) is 10.3 Å². The average molecular weight is 380 g/mol. The SMILES string of the molecule is Cc1ccc(OC2CCC(NC(=O)/C=C/c3ccc4c(c3)OCO4)CC2)nc1. The van der Waals surface area contributed by atoms with E-state index in [2.05, 4.69) is 10.3 Å². The molecular formula is C22H24N2O4. The van der Waals surface area contributed by atoms with E-state index < -0.39 is 0 Å². The Bertz CT molecular complexity index is 855. The molecule has 0 spiro atoms. The lowest BCUT2D eigenvalue weighted by Gasteiger charge is -2.28. The van der Waals surface area contributed by atoms with Gasteiger partial charge in [-0.15, -0.1) is 0 Å². The van der Waals surface area contributed by atoms with E-state index in [-0.39, 0.29) is 24.8 Å². The first-order valence-corrected chi connectivity index (χ1v) is 9.63. The quantitative estimate of drug-likeness (QED) is 0.802. The van der Waals surface area contributed by atoms with Crippen LogP contribution in [0.3, 0.4) is 0 Å². The number of benzene rings is 1. The molecular weight excluding hydrogens is 356 g/mol. The molecule has 28 heavy (non-hydrogen) atoms. The van der Waals surface area contributed by atoms with Crippen LogP contribution in [0, 0.1) is 6.92 Å². The highest BCUT2D eigenvalue weighted by molar-refractivity contribution is 5.92. The summed E-state index contributed by atoms with van der Waals surface area (Å²) in [5.74, 6) is 2.04. The molecule has 1 aliphatic heterocycles. The van der Waals surface area contributed by atoms with Crippen molar-refractivity contribution in [1.29, 1.82) is 0 Å². The second-order valence-corrected chi connectivity index (χ2v) is 7.22. The molecule has 4 rings (SSSR count). The molecule has 1 N–H and O–H groups in total. The van der Waals surface area contributed by atoms with E-state index in [9.17, 15) is 4.79 Å². The summed E-state index contributed by atoms with van der Waals surface area (Å²) in [4.78, 5) is 16.5. The standard InChI is InChI=1S/C22H24N2O4/c1-15-2-11-22(23-13-15)28-18-7-5-17(6-8-18)24-21(25)10-4-16-3-9-19-20(12-16)27-14-26-19/h2-4,9-13,17-18H,5-8,14H2,1H3,(H,24,25)/b10-4+. The fourth-order valence-corrected chi connectivity index (χ4v) is 3.46. The molecule has 1 aromatic carbocycles. The summed E-state index contributed by atoms with van der Waals surface area (Å²) in [5, 5.41) is 3.08. The molecule has 0 atom stereocenters. The maximum Gasteiger partial charge on any atom is 0.244 e. The smallest absolute Gasteiger partial charge is 0.244 e. The number of ether oxygens (including phenoxy) is 3. The summed E-state index contributed by atoms with van der Waals surface area (Å²) in [7, 11) is 0. The summed E-state index contributed by atoms with van der Waals surface area (Å²) < 4.78 is 16.6. The summed E-state index contributed by atoms with van der Waals surface area (Å²) in [5.41, 5.74) is 2.02. The Balaban J connectivity index is 1.23. The van der Waals surface area contributed by atoms with Crippen LogP contribution in [0.1, 0.15) is 36.8 Å². The zero-order chi connectivity index (χ0) is 19.3. The number of nitrogens with zero attached hydrogens (tertiary/aromatic N) is 1. The summed E-state index contributed by atoms with van der Waals surface area (Å²) in [6.07, 6.45) is 8.95. The summed E-state index contributed by atoms with van der Waals surface area (Å²) in [6, 6.07) is 9.71. The normalized spacial score (nSPS) is 20.9. The van der Waals surface area contributed by atoms with Crippen LogP contribution in [0.15, 0.2) is 42.6 Å². The van der Waals surface area contributed by atoms with E-state index in [4.69, 9.17) is 14.2 Å². The third-order valence-corrected chi connectivity index (χ3v) is 5.02. The third kappa shape index (κ3) is 4.63. The lowest BCUT2D eigenvalue weighted by Crippen LogP contribution is -2.39. The minimum atomic E-state index is -0.0813. The Morgan fingerprint density at radius 3 is 2.75 bits per heavy atom. The summed E-state index contributed by atoms with van der Waals surface area (Å²) in [6.45, 7) is 2.25. The Labute approximate surface area is 164 Å². The number of hydrogen-bond acceptors (Lipinski definition) is 5. The first-order valence-electron chi connectivity index (χ1n) is 9.63. The molecule has 6 nitrogen and oxygen atoms in total. The van der Waals surface area contributed by atoms with E-state index in [1.165, 1.54) is 0 Å². The van der Waals surface area contributed by atoms with Crippen LogP contribution in [0.5, 0.6) is 17.4 Å². The van der Waals surface area contributed by atoms with Gasteiger partial charge in [0.25, 0.3) is 0 Å². The number of pyridine rings is 1. The van der Waals surface area contributed by atoms with Gasteiger partial charge in [0.15, 0.2) is 11.5 Å². The zero-order valence-corrected chi connectivity index (χ0v) is 15.9. The lowest BCUT2D eigenvalue weighted by atomic mass is 9.93. The molecule has 6 heteroatoms. The van der Waals surface area contributed by atoms with E-state index in [0.717, 1.165) is 42.6 Å². The number of rotatable bonds is 5. The van der Waals surface area contributed by atoms with Crippen molar-refractivity contribution in [2.45, 2.75) is 44.8 Å². The Morgan fingerprint density at radius 2 is 1.96 bits per heavy atom. The van der Waals surface area contributed by atoms with Gasteiger partial charge in [0, 0.05) is 24.4 Å². The maximum absolute atomic E-state index is 12.2. The van der Waals surface area contributed by atoms with Crippen LogP contribution in [0.25, 0.3) is 6.08 Å². The fraction of sp³-hybridized carbons (Fsp3) is 0.364. The molecule has 2 heterocycles. The van der Waals surface area contributed by atoms with E-state index >= 15 is 0 Å². The number of fused-ring (bicyclic) bond motifs is 1. The number of carbonyl (C=O) groups is 1. The van der Waals surface area contributed by atoms with Gasteiger partial charge in [-0.25, -0.2) is 4.98 Å². The Morgan fingerprint density at radius 1 is 1.14 bits per heavy atom. The third-order valence-electron chi connectivity index (χ3n) is 5.02. The molecule has 0 unspecified atom stereocenters. The Hall–Kier alpha value is -3.02. The molecule has 0 saturated heterocycles. The minimum Gasteiger partial charge on any atom is -0.474 e. The molecule has 0 bridgehead atoms. The monoisotopic (exact) mass is 380 g/mol. The van der Waals surface area contributed by atoms with Gasteiger partial charge in [-0.2, -0.15) is 0 Å². The van der Waals surface area contributed by atoms with Crippen molar-refractivity contribution >= 4 is 12.0 Å². The van der Waals surface area contributed by atoms with Crippen molar-refractivity contribution in [3.8, 4) is 17.4 Å². The van der Waals surface area contributed by atoms with E-state index in [1.807, 2.05) is 43.5 Å². The van der Waals surface area contributed by atoms with E-state index in [0.29, 0.717) is 11.6 Å². The minimum absolute atomic E-state index is 0.0813. The van der Waals surface area contributed by atoms with Gasteiger partial charge in [-0.3, -0.25) is 4.79 Å². The number of nitrogens with one attached hydrogen (secondary N) is 1. The first-order chi connectivity index (χ1) is 13.7. The van der Waals surface area contributed by atoms with Gasteiger partial charge in [0.2, 0.25) is 18.6 Å². The van der Waals surface area contributed by atoms with Crippen molar-refractivity contribution in [2.75, 3.05) is 6.79 Å². The number of aryl methyl sites for hydroxylation is 1. The van der Waals surface area contributed by atoms with Crippen LogP contribution in [0.2, 0.25) is 0 Å². The number of carbonyl (C=O) groups excluding carboxylic acids is 1. The highest BCUT2D eigenvalue weighted by Gasteiger charge is 2.23. The van der Waals surface area contributed by atoms with Gasteiger partial charge >= 0.3 is 0 Å². The van der Waals surface area contributed by atoms with Gasteiger partial charge in [-0.05, 0) is 61.9 Å². The lowest BCUT2D eigenvalue weighted by molar-refractivity contribution is -0.117. The number of hydrogen-bond donors (Lipinski definition) is 1. The molecule has 0 radical (unpaired) electrons. The van der Waals surface area contributed by atoms with Crippen LogP contribution < -0.4 is 19.5 Å². The predicted molar refractivity (Wildman–Crippen MR) is 105 cm³/mol. The Kier molecular flexibility index (Phi) is 5.46. The van der Waals surface area contributed by atoms with Gasteiger partial charge < -0.3 is 19.5 Å². The van der Waals surface area contributed by atoms with Gasteiger partial charge in [-0.1, -0.05) is 12.1 Å². The van der Waals surface area contributed by atoms with E-state index in [1.54, 1.807) is 12.2 Å². The molecule has 1 aromatic heterocycles.